The Morgan fingerprint density at radius 1 is 1.08 bits per heavy atom. The second-order valence-electron chi connectivity index (χ2n) is 8.79. The highest BCUT2D eigenvalue weighted by Gasteiger charge is 2.35. The fraction of sp³-hybridized carbons (Fsp3) is 0.100. The number of methoxy groups -OCH3 is 1. The fourth-order valence-electron chi connectivity index (χ4n) is 4.35. The van der Waals surface area contributed by atoms with Gasteiger partial charge in [0.05, 0.1) is 23.8 Å². The van der Waals surface area contributed by atoms with Crippen molar-refractivity contribution in [3.63, 3.8) is 0 Å². The third-order valence-corrected chi connectivity index (χ3v) is 7.00. The molecular weight excluding hydrogens is 558 g/mol. The number of rotatable bonds is 6. The van der Waals surface area contributed by atoms with Gasteiger partial charge in [-0.05, 0) is 76.5 Å². The SMILES string of the molecule is COc1ccc(-c2nn(-c3ccccc3)cc2/C=C2/C(=O)N(Cc3cccnc3)C(=O)C(C#N)=C2C)cc1Br. The molecule has 2 aromatic heterocycles. The van der Waals surface area contributed by atoms with Crippen LogP contribution in [0.2, 0.25) is 0 Å². The van der Waals surface area contributed by atoms with Gasteiger partial charge in [-0.3, -0.25) is 19.5 Å². The minimum Gasteiger partial charge on any atom is -0.496 e. The maximum Gasteiger partial charge on any atom is 0.271 e. The first-order chi connectivity index (χ1) is 18.9. The lowest BCUT2D eigenvalue weighted by atomic mass is 9.93. The summed E-state index contributed by atoms with van der Waals surface area (Å²) in [6.45, 7) is 1.62. The van der Waals surface area contributed by atoms with Gasteiger partial charge in [-0.2, -0.15) is 10.4 Å². The molecule has 0 bridgehead atoms. The standard InChI is InChI=1S/C30H22BrN5O3/c1-19-24(29(37)35(30(38)25(19)15-32)17-20-7-6-12-33-16-20)13-22-18-36(23-8-4-3-5-9-23)34-28(22)21-10-11-27(39-2)26(31)14-21/h3-14,16,18H,17H2,1-2H3/b24-13+. The number of carbonyl (C=O) groups excluding carboxylic acids is 2. The van der Waals surface area contributed by atoms with Gasteiger partial charge in [0.25, 0.3) is 11.8 Å². The van der Waals surface area contributed by atoms with E-state index in [0.717, 1.165) is 20.6 Å². The molecule has 1 aliphatic heterocycles. The Bertz CT molecular complexity index is 1680. The zero-order chi connectivity index (χ0) is 27.5. The number of para-hydroxylation sites is 1. The molecule has 2 aromatic carbocycles. The normalized spacial score (nSPS) is 14.6. The number of imide groups is 1. The van der Waals surface area contributed by atoms with Gasteiger partial charge in [0.15, 0.2) is 0 Å². The zero-order valence-corrected chi connectivity index (χ0v) is 22.7. The number of halogens is 1. The summed E-state index contributed by atoms with van der Waals surface area (Å²) in [6, 6.07) is 20.7. The molecule has 0 spiro atoms. The van der Waals surface area contributed by atoms with Crippen LogP contribution in [0.5, 0.6) is 5.75 Å². The molecule has 8 nitrogen and oxygen atoms in total. The molecule has 0 atom stereocenters. The predicted molar refractivity (Wildman–Crippen MR) is 149 cm³/mol. The molecule has 0 unspecified atom stereocenters. The van der Waals surface area contributed by atoms with Crippen LogP contribution in [0.15, 0.2) is 100 Å². The number of nitrogens with zero attached hydrogens (tertiary/aromatic N) is 5. The van der Waals surface area contributed by atoms with Crippen LogP contribution in [0.4, 0.5) is 0 Å². The molecule has 0 saturated carbocycles. The quantitative estimate of drug-likeness (QED) is 0.221. The summed E-state index contributed by atoms with van der Waals surface area (Å²) in [4.78, 5) is 32.0. The topological polar surface area (TPSA) is 101 Å². The van der Waals surface area contributed by atoms with Gasteiger partial charge in [0.1, 0.15) is 23.1 Å². The highest BCUT2D eigenvalue weighted by atomic mass is 79.9. The molecule has 2 amide bonds. The van der Waals surface area contributed by atoms with Crippen LogP contribution in [0.3, 0.4) is 0 Å². The van der Waals surface area contributed by atoms with Crippen molar-refractivity contribution < 1.29 is 14.3 Å². The number of benzene rings is 2. The van der Waals surface area contributed by atoms with E-state index in [4.69, 9.17) is 9.84 Å². The summed E-state index contributed by atoms with van der Waals surface area (Å²) in [5.74, 6) is -0.444. The fourth-order valence-corrected chi connectivity index (χ4v) is 4.89. The molecule has 4 aromatic rings. The van der Waals surface area contributed by atoms with E-state index in [9.17, 15) is 14.9 Å². The Hall–Kier alpha value is -4.81. The second kappa shape index (κ2) is 10.9. The van der Waals surface area contributed by atoms with Crippen LogP contribution in [-0.2, 0) is 16.1 Å². The van der Waals surface area contributed by atoms with Gasteiger partial charge in [0.2, 0.25) is 0 Å². The van der Waals surface area contributed by atoms with E-state index in [2.05, 4.69) is 20.9 Å². The molecule has 192 valence electrons. The van der Waals surface area contributed by atoms with Crippen molar-refractivity contribution in [2.24, 2.45) is 0 Å². The van der Waals surface area contributed by atoms with Crippen LogP contribution in [0.25, 0.3) is 23.0 Å². The molecule has 39 heavy (non-hydrogen) atoms. The lowest BCUT2D eigenvalue weighted by molar-refractivity contribution is -0.141. The summed E-state index contributed by atoms with van der Waals surface area (Å²) in [5.41, 5.74) is 4.06. The molecule has 0 aliphatic carbocycles. The van der Waals surface area contributed by atoms with Crippen molar-refractivity contribution in [2.75, 3.05) is 7.11 Å². The van der Waals surface area contributed by atoms with E-state index in [1.807, 2.05) is 60.8 Å². The molecule has 9 heteroatoms. The average Bonchev–Trinajstić information content (AvgIpc) is 3.39. The summed E-state index contributed by atoms with van der Waals surface area (Å²) in [6.07, 6.45) is 6.72. The first-order valence-electron chi connectivity index (χ1n) is 12.0. The smallest absolute Gasteiger partial charge is 0.271 e. The minimum absolute atomic E-state index is 0.00284. The van der Waals surface area contributed by atoms with Crippen molar-refractivity contribution in [3.8, 4) is 28.8 Å². The molecule has 3 heterocycles. The number of nitriles is 1. The van der Waals surface area contributed by atoms with Crippen molar-refractivity contribution in [1.29, 1.82) is 5.26 Å². The Balaban J connectivity index is 1.66. The summed E-state index contributed by atoms with van der Waals surface area (Å²) >= 11 is 3.54. The van der Waals surface area contributed by atoms with E-state index in [1.54, 1.807) is 49.3 Å². The van der Waals surface area contributed by atoms with Crippen molar-refractivity contribution in [1.82, 2.24) is 19.7 Å². The lowest BCUT2D eigenvalue weighted by Gasteiger charge is -2.27. The van der Waals surface area contributed by atoms with Crippen LogP contribution < -0.4 is 4.74 Å². The van der Waals surface area contributed by atoms with Crippen molar-refractivity contribution >= 4 is 33.8 Å². The zero-order valence-electron chi connectivity index (χ0n) is 21.1. The van der Waals surface area contributed by atoms with Gasteiger partial charge in [-0.25, -0.2) is 4.68 Å². The van der Waals surface area contributed by atoms with Crippen LogP contribution in [0, 0.1) is 11.3 Å². The number of hydrogen-bond acceptors (Lipinski definition) is 6. The van der Waals surface area contributed by atoms with Crippen LogP contribution in [-0.4, -0.2) is 38.6 Å². The third kappa shape index (κ3) is 5.02. The van der Waals surface area contributed by atoms with E-state index < -0.39 is 11.8 Å². The largest absolute Gasteiger partial charge is 0.496 e. The van der Waals surface area contributed by atoms with Gasteiger partial charge >= 0.3 is 0 Å². The molecule has 5 rings (SSSR count). The predicted octanol–water partition coefficient (Wildman–Crippen LogP) is 5.50. The van der Waals surface area contributed by atoms with Gasteiger partial charge in [0, 0.05) is 35.3 Å². The first kappa shape index (κ1) is 25.8. The number of hydrogen-bond donors (Lipinski definition) is 0. The van der Waals surface area contributed by atoms with E-state index >= 15 is 0 Å². The Morgan fingerprint density at radius 3 is 2.54 bits per heavy atom. The van der Waals surface area contributed by atoms with E-state index in [1.165, 1.54) is 0 Å². The Labute approximate surface area is 233 Å². The van der Waals surface area contributed by atoms with E-state index in [0.29, 0.717) is 28.1 Å². The summed E-state index contributed by atoms with van der Waals surface area (Å²) in [5, 5.41) is 14.6. The molecular formula is C30H22BrN5O3. The number of amides is 2. The van der Waals surface area contributed by atoms with Gasteiger partial charge in [-0.15, -0.1) is 0 Å². The van der Waals surface area contributed by atoms with Gasteiger partial charge in [-0.1, -0.05) is 24.3 Å². The number of carbonyl (C=O) groups is 2. The van der Waals surface area contributed by atoms with Crippen molar-refractivity contribution in [2.45, 2.75) is 13.5 Å². The molecule has 0 fully saturated rings. The molecule has 0 N–H and O–H groups in total. The maximum atomic E-state index is 13.7. The average molecular weight is 580 g/mol. The van der Waals surface area contributed by atoms with Crippen LogP contribution >= 0.6 is 15.9 Å². The van der Waals surface area contributed by atoms with Gasteiger partial charge < -0.3 is 4.74 Å². The van der Waals surface area contributed by atoms with Crippen molar-refractivity contribution in [3.05, 3.63) is 112 Å². The number of pyridine rings is 1. The Morgan fingerprint density at radius 2 is 1.87 bits per heavy atom. The second-order valence-corrected chi connectivity index (χ2v) is 9.64. The Kier molecular flexibility index (Phi) is 7.21. The van der Waals surface area contributed by atoms with Crippen LogP contribution in [0.1, 0.15) is 18.1 Å². The number of ether oxygens (including phenoxy) is 1. The summed E-state index contributed by atoms with van der Waals surface area (Å²) in [7, 11) is 1.59. The highest BCUT2D eigenvalue weighted by molar-refractivity contribution is 9.10. The highest BCUT2D eigenvalue weighted by Crippen LogP contribution is 2.34. The summed E-state index contributed by atoms with van der Waals surface area (Å²) < 4.78 is 7.86. The first-order valence-corrected chi connectivity index (χ1v) is 12.8. The molecule has 1 aliphatic rings. The third-order valence-electron chi connectivity index (χ3n) is 6.38. The van der Waals surface area contributed by atoms with E-state index in [-0.39, 0.29) is 17.7 Å². The monoisotopic (exact) mass is 579 g/mol. The molecule has 0 radical (unpaired) electrons. The molecule has 0 saturated heterocycles. The number of aromatic nitrogens is 3. The minimum atomic E-state index is -0.625. The lowest BCUT2D eigenvalue weighted by Crippen LogP contribution is -2.42. The maximum absolute atomic E-state index is 13.7.